The highest BCUT2D eigenvalue weighted by atomic mass is 35.5. The molecule has 0 amide bonds. The second kappa shape index (κ2) is 4.62. The van der Waals surface area contributed by atoms with E-state index in [1.165, 1.54) is 37.9 Å². The van der Waals surface area contributed by atoms with E-state index in [-0.39, 0.29) is 0 Å². The van der Waals surface area contributed by atoms with E-state index in [1.807, 2.05) is 18.2 Å². The summed E-state index contributed by atoms with van der Waals surface area (Å²) in [5.41, 5.74) is 2.44. The summed E-state index contributed by atoms with van der Waals surface area (Å²) in [6, 6.07) is 6.52. The predicted molar refractivity (Wildman–Crippen MR) is 72.6 cm³/mol. The molecule has 1 aromatic carbocycles. The van der Waals surface area contributed by atoms with Crippen molar-refractivity contribution < 1.29 is 4.58 Å². The minimum atomic E-state index is 0.728. The van der Waals surface area contributed by atoms with Crippen LogP contribution in [0.3, 0.4) is 0 Å². The summed E-state index contributed by atoms with van der Waals surface area (Å²) in [7, 11) is 0. The van der Waals surface area contributed by atoms with E-state index in [1.54, 1.807) is 0 Å². The van der Waals surface area contributed by atoms with Gasteiger partial charge in [0.1, 0.15) is 6.54 Å². The third-order valence-electron chi connectivity index (χ3n) is 3.94. The van der Waals surface area contributed by atoms with Crippen molar-refractivity contribution in [2.45, 2.75) is 38.1 Å². The van der Waals surface area contributed by atoms with Gasteiger partial charge in [0, 0.05) is 25.7 Å². The largest absolute Gasteiger partial charge is 0.230 e. The second-order valence-electron chi connectivity index (χ2n) is 4.93. The standard InChI is InChI=1S/C14H16Cl2N/c15-11-5-3-6-12(16)14(11)13-8-7-10-4-1-2-9-17(10)13/h3,5-6,10H,1-2,4,7-9H2/q+1. The summed E-state index contributed by atoms with van der Waals surface area (Å²) in [4.78, 5) is 0. The van der Waals surface area contributed by atoms with Gasteiger partial charge in [-0.25, -0.2) is 4.58 Å². The van der Waals surface area contributed by atoms with Crippen LogP contribution in [0, 0.1) is 0 Å². The van der Waals surface area contributed by atoms with Crippen LogP contribution in [0.1, 0.15) is 37.7 Å². The Kier molecular flexibility index (Phi) is 3.14. The molecule has 0 radical (unpaired) electrons. The van der Waals surface area contributed by atoms with Gasteiger partial charge in [-0.2, -0.15) is 0 Å². The molecule has 1 aromatic rings. The third kappa shape index (κ3) is 2.00. The number of nitrogens with zero attached hydrogens (tertiary/aromatic N) is 1. The second-order valence-corrected chi connectivity index (χ2v) is 5.74. The van der Waals surface area contributed by atoms with E-state index < -0.39 is 0 Å². The predicted octanol–water partition coefficient (Wildman–Crippen LogP) is 4.14. The topological polar surface area (TPSA) is 3.01 Å². The molecule has 1 nitrogen and oxygen atoms in total. The number of benzene rings is 1. The Morgan fingerprint density at radius 1 is 1.06 bits per heavy atom. The fourth-order valence-electron chi connectivity index (χ4n) is 3.15. The first-order valence-corrected chi connectivity index (χ1v) is 7.10. The van der Waals surface area contributed by atoms with Crippen molar-refractivity contribution in [2.75, 3.05) is 6.54 Å². The van der Waals surface area contributed by atoms with Gasteiger partial charge < -0.3 is 0 Å². The van der Waals surface area contributed by atoms with E-state index >= 15 is 0 Å². The van der Waals surface area contributed by atoms with Crippen LogP contribution >= 0.6 is 23.2 Å². The number of hydrogen-bond acceptors (Lipinski definition) is 0. The molecule has 90 valence electrons. The molecular weight excluding hydrogens is 253 g/mol. The lowest BCUT2D eigenvalue weighted by atomic mass is 10.0. The summed E-state index contributed by atoms with van der Waals surface area (Å²) >= 11 is 12.6. The number of halogens is 2. The Balaban J connectivity index is 2.09. The van der Waals surface area contributed by atoms with E-state index in [4.69, 9.17) is 23.2 Å². The van der Waals surface area contributed by atoms with Crippen LogP contribution in [-0.4, -0.2) is 22.9 Å². The maximum Gasteiger partial charge on any atom is 0.186 e. The summed E-state index contributed by atoms with van der Waals surface area (Å²) in [6.07, 6.45) is 6.36. The quantitative estimate of drug-likeness (QED) is 0.674. The lowest BCUT2D eigenvalue weighted by Crippen LogP contribution is -2.30. The van der Waals surface area contributed by atoms with Crippen molar-refractivity contribution in [1.29, 1.82) is 0 Å². The smallest absolute Gasteiger partial charge is 0.186 e. The molecule has 0 saturated carbocycles. The summed E-state index contributed by atoms with van der Waals surface area (Å²) in [5, 5.41) is 1.58. The first-order chi connectivity index (χ1) is 8.27. The van der Waals surface area contributed by atoms with Crippen molar-refractivity contribution in [3.63, 3.8) is 0 Å². The van der Waals surface area contributed by atoms with Gasteiger partial charge in [0.25, 0.3) is 0 Å². The van der Waals surface area contributed by atoms with E-state index in [9.17, 15) is 0 Å². The van der Waals surface area contributed by atoms with Crippen LogP contribution in [0.4, 0.5) is 0 Å². The normalized spacial score (nSPS) is 24.0. The Hall–Kier alpha value is -0.530. The van der Waals surface area contributed by atoms with Gasteiger partial charge in [-0.15, -0.1) is 0 Å². The number of hydrogen-bond donors (Lipinski definition) is 0. The fraction of sp³-hybridized carbons (Fsp3) is 0.500. The van der Waals surface area contributed by atoms with Crippen LogP contribution in [0.25, 0.3) is 0 Å². The average molecular weight is 269 g/mol. The van der Waals surface area contributed by atoms with Crippen molar-refractivity contribution in [1.82, 2.24) is 0 Å². The van der Waals surface area contributed by atoms with Gasteiger partial charge in [0.05, 0.1) is 15.6 Å². The van der Waals surface area contributed by atoms with Crippen molar-refractivity contribution in [3.05, 3.63) is 33.8 Å². The zero-order valence-corrected chi connectivity index (χ0v) is 11.3. The van der Waals surface area contributed by atoms with Crippen LogP contribution < -0.4 is 0 Å². The summed E-state index contributed by atoms with van der Waals surface area (Å²) < 4.78 is 2.54. The van der Waals surface area contributed by atoms with E-state index in [0.29, 0.717) is 0 Å². The van der Waals surface area contributed by atoms with Crippen molar-refractivity contribution in [2.24, 2.45) is 0 Å². The van der Waals surface area contributed by atoms with Crippen LogP contribution in [0.5, 0.6) is 0 Å². The fourth-order valence-corrected chi connectivity index (χ4v) is 3.76. The Bertz CT molecular complexity index is 459. The molecule has 0 spiro atoms. The molecule has 17 heavy (non-hydrogen) atoms. The molecule has 1 fully saturated rings. The maximum atomic E-state index is 6.31. The molecule has 3 heteroatoms. The molecule has 0 N–H and O–H groups in total. The number of piperidine rings is 1. The molecule has 1 saturated heterocycles. The Labute approximate surface area is 112 Å². The van der Waals surface area contributed by atoms with E-state index in [2.05, 4.69) is 4.58 Å². The van der Waals surface area contributed by atoms with Gasteiger partial charge in [-0.1, -0.05) is 29.3 Å². The molecule has 2 aliphatic rings. The molecule has 2 aliphatic heterocycles. The molecule has 2 heterocycles. The first kappa shape index (κ1) is 11.6. The summed E-state index contributed by atoms with van der Waals surface area (Å²) in [5.74, 6) is 0. The molecule has 3 rings (SSSR count). The van der Waals surface area contributed by atoms with Crippen molar-refractivity contribution in [3.8, 4) is 0 Å². The minimum Gasteiger partial charge on any atom is -0.230 e. The molecule has 0 aromatic heterocycles. The van der Waals surface area contributed by atoms with Gasteiger partial charge in [-0.05, 0) is 18.6 Å². The summed E-state index contributed by atoms with van der Waals surface area (Å²) in [6.45, 7) is 1.17. The van der Waals surface area contributed by atoms with Crippen LogP contribution in [0.2, 0.25) is 10.0 Å². The van der Waals surface area contributed by atoms with Gasteiger partial charge in [0.15, 0.2) is 11.8 Å². The zero-order valence-electron chi connectivity index (χ0n) is 9.76. The van der Waals surface area contributed by atoms with Gasteiger partial charge in [0.2, 0.25) is 0 Å². The molecule has 1 unspecified atom stereocenters. The number of fused-ring (bicyclic) bond motifs is 1. The van der Waals surface area contributed by atoms with Crippen LogP contribution in [-0.2, 0) is 0 Å². The number of rotatable bonds is 1. The highest BCUT2D eigenvalue weighted by Gasteiger charge is 2.36. The Morgan fingerprint density at radius 2 is 1.82 bits per heavy atom. The third-order valence-corrected chi connectivity index (χ3v) is 4.57. The first-order valence-electron chi connectivity index (χ1n) is 6.34. The molecule has 1 atom stereocenters. The SMILES string of the molecule is Clc1cccc(Cl)c1C1=[N+]2CCCCC2CC1. The van der Waals surface area contributed by atoms with Gasteiger partial charge >= 0.3 is 0 Å². The van der Waals surface area contributed by atoms with E-state index in [0.717, 1.165) is 28.1 Å². The van der Waals surface area contributed by atoms with Gasteiger partial charge in [-0.3, -0.25) is 0 Å². The monoisotopic (exact) mass is 268 g/mol. The van der Waals surface area contributed by atoms with Crippen molar-refractivity contribution >= 4 is 28.9 Å². The maximum absolute atomic E-state index is 6.31. The van der Waals surface area contributed by atoms with Crippen LogP contribution in [0.15, 0.2) is 18.2 Å². The molecule has 0 bridgehead atoms. The average Bonchev–Trinajstić information content (AvgIpc) is 2.73. The lowest BCUT2D eigenvalue weighted by molar-refractivity contribution is -0.567. The Morgan fingerprint density at radius 3 is 2.59 bits per heavy atom. The minimum absolute atomic E-state index is 0.728. The highest BCUT2D eigenvalue weighted by molar-refractivity contribution is 6.39. The highest BCUT2D eigenvalue weighted by Crippen LogP contribution is 2.32. The molecular formula is C14H16Cl2N+. The zero-order chi connectivity index (χ0) is 11.8. The molecule has 0 aliphatic carbocycles. The lowest BCUT2D eigenvalue weighted by Gasteiger charge is -2.17.